The van der Waals surface area contributed by atoms with Crippen molar-refractivity contribution >= 4 is 35.0 Å². The van der Waals surface area contributed by atoms with Gasteiger partial charge in [-0.05, 0) is 30.4 Å². The Bertz CT molecular complexity index is 357. The van der Waals surface area contributed by atoms with Gasteiger partial charge in [0.05, 0.1) is 10.7 Å². The van der Waals surface area contributed by atoms with Crippen LogP contribution in [0.3, 0.4) is 0 Å². The number of nitrogen functional groups attached to an aromatic ring is 1. The van der Waals surface area contributed by atoms with Crippen LogP contribution in [0, 0.1) is 0 Å². The molecular weight excluding hydrogens is 234 g/mol. The number of aliphatic carboxylic acids is 1. The number of nitrogens with two attached hydrogens (primary N) is 1. The molecule has 0 radical (unpaired) electrons. The van der Waals surface area contributed by atoms with E-state index >= 15 is 0 Å². The molecule has 0 amide bonds. The zero-order chi connectivity index (χ0) is 11.3. The van der Waals surface area contributed by atoms with Gasteiger partial charge < -0.3 is 10.8 Å². The van der Waals surface area contributed by atoms with Crippen molar-refractivity contribution in [1.82, 2.24) is 0 Å². The lowest BCUT2D eigenvalue weighted by atomic mass is 10.3. The Labute approximate surface area is 97.6 Å². The van der Waals surface area contributed by atoms with Crippen molar-refractivity contribution in [1.29, 1.82) is 0 Å². The van der Waals surface area contributed by atoms with Crippen LogP contribution in [0.4, 0.5) is 5.69 Å². The van der Waals surface area contributed by atoms with Crippen LogP contribution in [-0.2, 0) is 4.79 Å². The third-order valence-electron chi connectivity index (χ3n) is 1.78. The number of carbonyl (C=O) groups is 1. The van der Waals surface area contributed by atoms with Gasteiger partial charge in [-0.25, -0.2) is 0 Å². The van der Waals surface area contributed by atoms with Crippen LogP contribution >= 0.6 is 23.4 Å². The summed E-state index contributed by atoms with van der Waals surface area (Å²) in [6.07, 6.45) is 0.859. The van der Waals surface area contributed by atoms with E-state index in [0.717, 1.165) is 10.6 Å². The zero-order valence-electron chi connectivity index (χ0n) is 8.07. The third kappa shape index (κ3) is 4.44. The number of carboxylic acids is 1. The fourth-order valence-corrected chi connectivity index (χ4v) is 2.15. The molecule has 0 aliphatic rings. The Morgan fingerprint density at radius 3 is 2.87 bits per heavy atom. The molecule has 0 aliphatic heterocycles. The molecule has 1 aromatic carbocycles. The standard InChI is InChI=1S/C10H12ClNO2S/c11-8-6-7(3-4-9(8)12)15-5-1-2-10(13)14/h3-4,6H,1-2,5,12H2,(H,13,14). The third-order valence-corrected chi connectivity index (χ3v) is 3.18. The fraction of sp³-hybridized carbons (Fsp3) is 0.300. The molecule has 0 fully saturated rings. The molecule has 0 saturated heterocycles. The maximum atomic E-state index is 10.3. The maximum Gasteiger partial charge on any atom is 0.303 e. The van der Waals surface area contributed by atoms with E-state index in [0.29, 0.717) is 17.1 Å². The molecule has 1 aromatic rings. The number of anilines is 1. The van der Waals surface area contributed by atoms with Gasteiger partial charge in [-0.3, -0.25) is 4.79 Å². The largest absolute Gasteiger partial charge is 0.481 e. The van der Waals surface area contributed by atoms with E-state index in [1.165, 1.54) is 0 Å². The molecule has 0 aromatic heterocycles. The summed E-state index contributed by atoms with van der Waals surface area (Å²) in [5.74, 6) is 0.0120. The van der Waals surface area contributed by atoms with Crippen molar-refractivity contribution < 1.29 is 9.90 Å². The predicted molar refractivity (Wildman–Crippen MR) is 63.5 cm³/mol. The number of carboxylic acid groups (broad SMARTS) is 1. The van der Waals surface area contributed by atoms with Gasteiger partial charge in [-0.2, -0.15) is 0 Å². The van der Waals surface area contributed by atoms with Gasteiger partial charge >= 0.3 is 5.97 Å². The minimum absolute atomic E-state index is 0.204. The van der Waals surface area contributed by atoms with E-state index in [9.17, 15) is 4.79 Å². The Balaban J connectivity index is 2.38. The fourth-order valence-electron chi connectivity index (χ4n) is 1.01. The number of halogens is 1. The molecule has 0 unspecified atom stereocenters. The number of benzene rings is 1. The van der Waals surface area contributed by atoms with Crippen LogP contribution < -0.4 is 5.73 Å². The molecule has 1 rings (SSSR count). The normalized spacial score (nSPS) is 10.2. The van der Waals surface area contributed by atoms with E-state index in [-0.39, 0.29) is 6.42 Å². The number of hydrogen-bond acceptors (Lipinski definition) is 3. The average molecular weight is 246 g/mol. The van der Waals surface area contributed by atoms with Crippen LogP contribution in [-0.4, -0.2) is 16.8 Å². The highest BCUT2D eigenvalue weighted by molar-refractivity contribution is 7.99. The monoisotopic (exact) mass is 245 g/mol. The molecule has 0 spiro atoms. The van der Waals surface area contributed by atoms with Crippen molar-refractivity contribution in [2.24, 2.45) is 0 Å². The lowest BCUT2D eigenvalue weighted by Gasteiger charge is -2.02. The first-order chi connectivity index (χ1) is 7.09. The maximum absolute atomic E-state index is 10.3. The molecular formula is C10H12ClNO2S. The number of thioether (sulfide) groups is 1. The van der Waals surface area contributed by atoms with E-state index in [1.54, 1.807) is 23.9 Å². The highest BCUT2D eigenvalue weighted by atomic mass is 35.5. The molecule has 5 heteroatoms. The molecule has 0 atom stereocenters. The predicted octanol–water partition coefficient (Wildman–Crippen LogP) is 2.88. The smallest absolute Gasteiger partial charge is 0.303 e. The number of rotatable bonds is 5. The Hall–Kier alpha value is -0.870. The van der Waals surface area contributed by atoms with Gasteiger partial charge in [-0.15, -0.1) is 11.8 Å². The van der Waals surface area contributed by atoms with Crippen molar-refractivity contribution in [3.8, 4) is 0 Å². The Kier molecular flexibility index (Phi) is 4.78. The number of hydrogen-bond donors (Lipinski definition) is 2. The summed E-state index contributed by atoms with van der Waals surface area (Å²) in [6, 6.07) is 5.43. The highest BCUT2D eigenvalue weighted by Gasteiger charge is 2.00. The molecule has 0 aliphatic carbocycles. The summed E-state index contributed by atoms with van der Waals surface area (Å²) >= 11 is 7.43. The minimum Gasteiger partial charge on any atom is -0.481 e. The topological polar surface area (TPSA) is 63.3 Å². The quantitative estimate of drug-likeness (QED) is 0.476. The van der Waals surface area contributed by atoms with Crippen LogP contribution in [0.2, 0.25) is 5.02 Å². The first-order valence-corrected chi connectivity index (χ1v) is 5.85. The van der Waals surface area contributed by atoms with Crippen LogP contribution in [0.1, 0.15) is 12.8 Å². The van der Waals surface area contributed by atoms with Crippen molar-refractivity contribution in [3.05, 3.63) is 23.2 Å². The minimum atomic E-state index is -0.758. The SMILES string of the molecule is Nc1ccc(SCCCC(=O)O)cc1Cl. The van der Waals surface area contributed by atoms with Gasteiger partial charge in [0.25, 0.3) is 0 Å². The molecule has 0 heterocycles. The highest BCUT2D eigenvalue weighted by Crippen LogP contribution is 2.26. The van der Waals surface area contributed by atoms with Crippen molar-refractivity contribution in [3.63, 3.8) is 0 Å². The van der Waals surface area contributed by atoms with Crippen LogP contribution in [0.15, 0.2) is 23.1 Å². The van der Waals surface area contributed by atoms with Gasteiger partial charge in [0.1, 0.15) is 0 Å². The summed E-state index contributed by atoms with van der Waals surface area (Å²) in [7, 11) is 0. The van der Waals surface area contributed by atoms with E-state index in [1.807, 2.05) is 6.07 Å². The second-order valence-corrected chi connectivity index (χ2v) is 4.60. The second-order valence-electron chi connectivity index (χ2n) is 3.03. The average Bonchev–Trinajstić information content (AvgIpc) is 2.18. The molecule has 0 bridgehead atoms. The molecule has 3 nitrogen and oxygen atoms in total. The van der Waals surface area contributed by atoms with Crippen LogP contribution in [0.25, 0.3) is 0 Å². The second kappa shape index (κ2) is 5.88. The summed E-state index contributed by atoms with van der Waals surface area (Å²) in [5.41, 5.74) is 6.13. The molecule has 0 saturated carbocycles. The van der Waals surface area contributed by atoms with Crippen molar-refractivity contribution in [2.75, 3.05) is 11.5 Å². The van der Waals surface area contributed by atoms with Gasteiger partial charge in [0.15, 0.2) is 0 Å². The summed E-state index contributed by atoms with van der Waals surface area (Å²) in [5, 5.41) is 8.98. The van der Waals surface area contributed by atoms with Gasteiger partial charge in [-0.1, -0.05) is 11.6 Å². The molecule has 15 heavy (non-hydrogen) atoms. The lowest BCUT2D eigenvalue weighted by Crippen LogP contribution is -1.94. The van der Waals surface area contributed by atoms with Gasteiger partial charge in [0.2, 0.25) is 0 Å². The Morgan fingerprint density at radius 2 is 2.27 bits per heavy atom. The van der Waals surface area contributed by atoms with Crippen molar-refractivity contribution in [2.45, 2.75) is 17.7 Å². The first-order valence-electron chi connectivity index (χ1n) is 4.49. The zero-order valence-corrected chi connectivity index (χ0v) is 9.64. The Morgan fingerprint density at radius 1 is 1.53 bits per heavy atom. The summed E-state index contributed by atoms with van der Waals surface area (Å²) in [4.78, 5) is 11.3. The molecule has 82 valence electrons. The van der Waals surface area contributed by atoms with E-state index < -0.39 is 5.97 Å². The van der Waals surface area contributed by atoms with Crippen LogP contribution in [0.5, 0.6) is 0 Å². The first kappa shape index (κ1) is 12.2. The lowest BCUT2D eigenvalue weighted by molar-refractivity contribution is -0.137. The summed E-state index contributed by atoms with van der Waals surface area (Å²) < 4.78 is 0. The summed E-state index contributed by atoms with van der Waals surface area (Å²) in [6.45, 7) is 0. The van der Waals surface area contributed by atoms with E-state index in [4.69, 9.17) is 22.4 Å². The van der Waals surface area contributed by atoms with E-state index in [2.05, 4.69) is 0 Å². The van der Waals surface area contributed by atoms with Gasteiger partial charge in [0, 0.05) is 11.3 Å². The molecule has 3 N–H and O–H groups in total.